The molecular weight excluding hydrogens is 242 g/mol. The van der Waals surface area contributed by atoms with Crippen molar-refractivity contribution >= 4 is 16.9 Å². The van der Waals surface area contributed by atoms with Gasteiger partial charge >= 0.3 is 5.88 Å². The summed E-state index contributed by atoms with van der Waals surface area (Å²) in [5, 5.41) is 11.2. The lowest BCUT2D eigenvalue weighted by atomic mass is 10.2. The number of benzene rings is 1. The van der Waals surface area contributed by atoms with Crippen LogP contribution in [0, 0.1) is 10.1 Å². The van der Waals surface area contributed by atoms with E-state index in [0.717, 1.165) is 0 Å². The molecular formula is C11H11NO6. The van der Waals surface area contributed by atoms with E-state index < -0.39 is 4.92 Å². The van der Waals surface area contributed by atoms with Crippen LogP contribution in [0.3, 0.4) is 0 Å². The summed E-state index contributed by atoms with van der Waals surface area (Å²) >= 11 is 0. The molecule has 0 aliphatic heterocycles. The molecule has 0 amide bonds. The van der Waals surface area contributed by atoms with Crippen LogP contribution in [0.15, 0.2) is 16.5 Å². The molecule has 0 fully saturated rings. The predicted molar refractivity (Wildman–Crippen MR) is 62.5 cm³/mol. The number of methoxy groups -OCH3 is 3. The van der Waals surface area contributed by atoms with Crippen LogP contribution >= 0.6 is 0 Å². The van der Waals surface area contributed by atoms with Crippen LogP contribution in [-0.2, 0) is 0 Å². The van der Waals surface area contributed by atoms with E-state index in [1.54, 1.807) is 6.07 Å². The molecule has 0 atom stereocenters. The SMILES string of the molecule is COc1cc2cc([N+](=O)[O-])oc2c(OC)c1OC. The Kier molecular flexibility index (Phi) is 2.97. The highest BCUT2D eigenvalue weighted by Gasteiger charge is 2.23. The molecule has 0 aliphatic carbocycles. The maximum absolute atomic E-state index is 10.7. The van der Waals surface area contributed by atoms with E-state index in [1.165, 1.54) is 27.4 Å². The third-order valence-electron chi connectivity index (χ3n) is 2.48. The van der Waals surface area contributed by atoms with E-state index in [9.17, 15) is 10.1 Å². The van der Waals surface area contributed by atoms with Gasteiger partial charge in [0.1, 0.15) is 4.92 Å². The smallest absolute Gasteiger partial charge is 0.434 e. The lowest BCUT2D eigenvalue weighted by Gasteiger charge is -2.11. The van der Waals surface area contributed by atoms with Crippen LogP contribution < -0.4 is 14.2 Å². The molecule has 0 saturated heterocycles. The van der Waals surface area contributed by atoms with Gasteiger partial charge in [0.05, 0.1) is 27.4 Å². The van der Waals surface area contributed by atoms with Crippen LogP contribution in [0.1, 0.15) is 0 Å². The van der Waals surface area contributed by atoms with Crippen LogP contribution in [0.4, 0.5) is 5.88 Å². The third kappa shape index (κ3) is 1.69. The molecule has 1 aromatic heterocycles. The second-order valence-electron chi connectivity index (χ2n) is 3.41. The van der Waals surface area contributed by atoms with Gasteiger partial charge < -0.3 is 18.6 Å². The predicted octanol–water partition coefficient (Wildman–Crippen LogP) is 2.37. The maximum atomic E-state index is 10.7. The number of fused-ring (bicyclic) bond motifs is 1. The van der Waals surface area contributed by atoms with Gasteiger partial charge in [-0.1, -0.05) is 0 Å². The van der Waals surface area contributed by atoms with Crippen molar-refractivity contribution in [3.8, 4) is 17.2 Å². The second kappa shape index (κ2) is 4.44. The molecule has 0 aliphatic rings. The van der Waals surface area contributed by atoms with Gasteiger partial charge in [-0.25, -0.2) is 0 Å². The molecule has 2 rings (SSSR count). The van der Waals surface area contributed by atoms with Crippen molar-refractivity contribution in [2.75, 3.05) is 21.3 Å². The summed E-state index contributed by atoms with van der Waals surface area (Å²) in [5.74, 6) is 0.646. The Balaban J connectivity index is 2.79. The van der Waals surface area contributed by atoms with E-state index in [4.69, 9.17) is 18.6 Å². The number of ether oxygens (including phenoxy) is 3. The van der Waals surface area contributed by atoms with Crippen molar-refractivity contribution in [1.82, 2.24) is 0 Å². The standard InChI is InChI=1S/C11H11NO6/c1-15-7-4-6-5-8(12(13)14)18-9(6)11(17-3)10(7)16-2/h4-5H,1-3H3. The van der Waals surface area contributed by atoms with Crippen LogP contribution in [-0.4, -0.2) is 26.3 Å². The first-order chi connectivity index (χ1) is 8.62. The maximum Gasteiger partial charge on any atom is 0.434 e. The van der Waals surface area contributed by atoms with Crippen LogP contribution in [0.2, 0.25) is 0 Å². The fourth-order valence-electron chi connectivity index (χ4n) is 1.72. The van der Waals surface area contributed by atoms with E-state index in [-0.39, 0.29) is 17.2 Å². The molecule has 18 heavy (non-hydrogen) atoms. The van der Waals surface area contributed by atoms with Gasteiger partial charge in [-0.2, -0.15) is 0 Å². The van der Waals surface area contributed by atoms with E-state index in [2.05, 4.69) is 0 Å². The first kappa shape index (κ1) is 12.0. The number of hydrogen-bond donors (Lipinski definition) is 0. The van der Waals surface area contributed by atoms with Gasteiger partial charge in [0, 0.05) is 5.39 Å². The zero-order chi connectivity index (χ0) is 13.3. The molecule has 1 aromatic carbocycles. The third-order valence-corrected chi connectivity index (χ3v) is 2.48. The highest BCUT2D eigenvalue weighted by molar-refractivity contribution is 5.90. The van der Waals surface area contributed by atoms with E-state index in [1.807, 2.05) is 0 Å². The Hall–Kier alpha value is -2.44. The summed E-state index contributed by atoms with van der Waals surface area (Å²) in [6.45, 7) is 0. The molecule has 0 saturated carbocycles. The molecule has 2 aromatic rings. The Bertz CT molecular complexity index is 603. The molecule has 7 nitrogen and oxygen atoms in total. The van der Waals surface area contributed by atoms with Crippen molar-refractivity contribution in [1.29, 1.82) is 0 Å². The Morgan fingerprint density at radius 2 is 1.78 bits per heavy atom. The minimum Gasteiger partial charge on any atom is -0.493 e. The van der Waals surface area contributed by atoms with Gasteiger partial charge in [-0.15, -0.1) is 0 Å². The lowest BCUT2D eigenvalue weighted by Crippen LogP contribution is -1.94. The Morgan fingerprint density at radius 1 is 1.11 bits per heavy atom. The number of rotatable bonds is 4. The normalized spacial score (nSPS) is 10.4. The molecule has 7 heteroatoms. The molecule has 96 valence electrons. The van der Waals surface area contributed by atoms with E-state index >= 15 is 0 Å². The number of hydrogen-bond acceptors (Lipinski definition) is 6. The summed E-state index contributed by atoms with van der Waals surface area (Å²) in [5.41, 5.74) is 0.252. The van der Waals surface area contributed by atoms with Crippen molar-refractivity contribution in [3.05, 3.63) is 22.2 Å². The van der Waals surface area contributed by atoms with Crippen molar-refractivity contribution in [2.24, 2.45) is 0 Å². The Morgan fingerprint density at radius 3 is 2.28 bits per heavy atom. The minimum absolute atomic E-state index is 0.252. The molecule has 0 unspecified atom stereocenters. The topological polar surface area (TPSA) is 84.0 Å². The molecule has 0 N–H and O–H groups in total. The number of nitro groups is 1. The summed E-state index contributed by atoms with van der Waals surface area (Å²) in [4.78, 5) is 10.1. The summed E-state index contributed by atoms with van der Waals surface area (Å²) in [6, 6.07) is 2.90. The highest BCUT2D eigenvalue weighted by Crippen LogP contribution is 2.45. The summed E-state index contributed by atoms with van der Waals surface area (Å²) < 4.78 is 20.6. The fourth-order valence-corrected chi connectivity index (χ4v) is 1.72. The van der Waals surface area contributed by atoms with Crippen molar-refractivity contribution in [2.45, 2.75) is 0 Å². The average molecular weight is 253 g/mol. The zero-order valence-corrected chi connectivity index (χ0v) is 10.1. The quantitative estimate of drug-likeness (QED) is 0.614. The minimum atomic E-state index is -0.613. The number of nitrogens with zero attached hydrogens (tertiary/aromatic N) is 1. The van der Waals surface area contributed by atoms with Crippen molar-refractivity contribution < 1.29 is 23.6 Å². The first-order valence-corrected chi connectivity index (χ1v) is 4.99. The first-order valence-electron chi connectivity index (χ1n) is 4.99. The Labute approximate surface area is 102 Å². The van der Waals surface area contributed by atoms with Crippen molar-refractivity contribution in [3.63, 3.8) is 0 Å². The summed E-state index contributed by atoms with van der Waals surface area (Å²) in [6.07, 6.45) is 0. The average Bonchev–Trinajstić information content (AvgIpc) is 2.79. The van der Waals surface area contributed by atoms with Crippen LogP contribution in [0.5, 0.6) is 17.2 Å². The molecule has 0 bridgehead atoms. The molecule has 1 heterocycles. The van der Waals surface area contributed by atoms with Gasteiger partial charge in [0.2, 0.25) is 11.5 Å². The fraction of sp³-hybridized carbons (Fsp3) is 0.273. The molecule has 0 spiro atoms. The largest absolute Gasteiger partial charge is 0.493 e. The zero-order valence-electron chi connectivity index (χ0n) is 10.1. The second-order valence-corrected chi connectivity index (χ2v) is 3.41. The lowest BCUT2D eigenvalue weighted by molar-refractivity contribution is -0.401. The highest BCUT2D eigenvalue weighted by atomic mass is 16.6. The van der Waals surface area contributed by atoms with Gasteiger partial charge in [0.25, 0.3) is 0 Å². The van der Waals surface area contributed by atoms with Crippen LogP contribution in [0.25, 0.3) is 11.0 Å². The number of furan rings is 1. The monoisotopic (exact) mass is 253 g/mol. The van der Waals surface area contributed by atoms with E-state index in [0.29, 0.717) is 16.9 Å². The molecule has 0 radical (unpaired) electrons. The summed E-state index contributed by atoms with van der Waals surface area (Å²) in [7, 11) is 4.34. The van der Waals surface area contributed by atoms with Gasteiger partial charge in [0.15, 0.2) is 11.3 Å². The van der Waals surface area contributed by atoms with Gasteiger partial charge in [-0.05, 0) is 6.07 Å². The van der Waals surface area contributed by atoms with Gasteiger partial charge in [-0.3, -0.25) is 10.1 Å².